The summed E-state index contributed by atoms with van der Waals surface area (Å²) in [6.07, 6.45) is 2.44. The molecule has 2 heterocycles. The molecule has 0 radical (unpaired) electrons. The zero-order valence-corrected chi connectivity index (χ0v) is 13.8. The highest BCUT2D eigenvalue weighted by Crippen LogP contribution is 2.23. The molecule has 1 fully saturated rings. The molecule has 1 atom stereocenters. The van der Waals surface area contributed by atoms with Crippen LogP contribution in [0.4, 0.5) is 0 Å². The summed E-state index contributed by atoms with van der Waals surface area (Å²) in [5.74, 6) is 0.524. The monoisotopic (exact) mass is 312 g/mol. The molecule has 5 heteroatoms. The van der Waals surface area contributed by atoms with Crippen molar-refractivity contribution >= 4 is 5.91 Å². The molecule has 1 aromatic heterocycles. The minimum Gasteiger partial charge on any atom is -0.346 e. The van der Waals surface area contributed by atoms with Crippen LogP contribution in [0.15, 0.2) is 30.3 Å². The molecule has 0 bridgehead atoms. The number of amides is 1. The Morgan fingerprint density at radius 3 is 2.78 bits per heavy atom. The molecule has 2 aromatic rings. The Bertz CT molecular complexity index is 669. The van der Waals surface area contributed by atoms with E-state index >= 15 is 0 Å². The van der Waals surface area contributed by atoms with Gasteiger partial charge in [0, 0.05) is 19.2 Å². The second kappa shape index (κ2) is 6.96. The number of nitrogens with zero attached hydrogens (tertiary/aromatic N) is 2. The van der Waals surface area contributed by atoms with Gasteiger partial charge in [0.25, 0.3) is 5.91 Å². The summed E-state index contributed by atoms with van der Waals surface area (Å²) in [5.41, 5.74) is 3.98. The Morgan fingerprint density at radius 2 is 2.17 bits per heavy atom. The van der Waals surface area contributed by atoms with Crippen LogP contribution in [-0.2, 0) is 13.6 Å². The fourth-order valence-corrected chi connectivity index (χ4v) is 3.15. The molecule has 5 nitrogen and oxygen atoms in total. The lowest BCUT2D eigenvalue weighted by atomic mass is 9.91. The lowest BCUT2D eigenvalue weighted by molar-refractivity contribution is 0.0950. The van der Waals surface area contributed by atoms with Crippen molar-refractivity contribution in [3.8, 4) is 0 Å². The molecule has 122 valence electrons. The Labute approximate surface area is 137 Å². The predicted octanol–water partition coefficient (Wildman–Crippen LogP) is 2.13. The zero-order valence-electron chi connectivity index (χ0n) is 13.8. The molecule has 1 amide bonds. The van der Waals surface area contributed by atoms with Gasteiger partial charge in [-0.15, -0.1) is 0 Å². The topological polar surface area (TPSA) is 59.0 Å². The molecule has 1 aliphatic heterocycles. The lowest BCUT2D eigenvalue weighted by Gasteiger charge is -2.23. The number of piperidine rings is 1. The normalized spacial score (nSPS) is 17.9. The summed E-state index contributed by atoms with van der Waals surface area (Å²) < 4.78 is 1.80. The maximum absolute atomic E-state index is 12.3. The number of benzene rings is 1. The molecule has 2 N–H and O–H groups in total. The third kappa shape index (κ3) is 3.79. The van der Waals surface area contributed by atoms with Crippen molar-refractivity contribution in [2.24, 2.45) is 7.05 Å². The summed E-state index contributed by atoms with van der Waals surface area (Å²) in [7, 11) is 1.89. The average molecular weight is 312 g/mol. The molecular weight excluding hydrogens is 288 g/mol. The van der Waals surface area contributed by atoms with Gasteiger partial charge in [0.05, 0.1) is 17.9 Å². The highest BCUT2D eigenvalue weighted by atomic mass is 16.1. The van der Waals surface area contributed by atoms with Crippen LogP contribution in [0.3, 0.4) is 0 Å². The van der Waals surface area contributed by atoms with E-state index in [9.17, 15) is 4.79 Å². The zero-order chi connectivity index (χ0) is 16.2. The number of rotatable bonds is 4. The highest BCUT2D eigenvalue weighted by Gasteiger charge is 2.15. The molecule has 1 saturated heterocycles. The van der Waals surface area contributed by atoms with E-state index in [1.807, 2.05) is 32.2 Å². The largest absolute Gasteiger partial charge is 0.346 e. The molecule has 1 aromatic carbocycles. The van der Waals surface area contributed by atoms with Crippen LogP contribution in [0.5, 0.6) is 0 Å². The van der Waals surface area contributed by atoms with Gasteiger partial charge in [-0.1, -0.05) is 12.1 Å². The van der Waals surface area contributed by atoms with Gasteiger partial charge < -0.3 is 10.6 Å². The van der Waals surface area contributed by atoms with Crippen LogP contribution in [0.2, 0.25) is 0 Å². The van der Waals surface area contributed by atoms with E-state index in [0.717, 1.165) is 24.5 Å². The fraction of sp³-hybridized carbons (Fsp3) is 0.444. The number of carbonyl (C=O) groups is 1. The van der Waals surface area contributed by atoms with Crippen molar-refractivity contribution in [1.82, 2.24) is 20.4 Å². The van der Waals surface area contributed by atoms with Gasteiger partial charge in [0.15, 0.2) is 0 Å². The summed E-state index contributed by atoms with van der Waals surface area (Å²) in [5, 5.41) is 10.7. The SMILES string of the molecule is Cc1cc(CNC(=O)c2ccc([C@@H]3CCCNC3)cc2)n(C)n1. The average Bonchev–Trinajstić information content (AvgIpc) is 2.91. The molecule has 0 spiro atoms. The molecule has 23 heavy (non-hydrogen) atoms. The lowest BCUT2D eigenvalue weighted by Crippen LogP contribution is -2.28. The van der Waals surface area contributed by atoms with Gasteiger partial charge in [-0.25, -0.2) is 0 Å². The van der Waals surface area contributed by atoms with E-state index in [1.54, 1.807) is 4.68 Å². The minimum absolute atomic E-state index is 0.0443. The third-order valence-electron chi connectivity index (χ3n) is 4.47. The first-order valence-electron chi connectivity index (χ1n) is 8.22. The smallest absolute Gasteiger partial charge is 0.251 e. The maximum atomic E-state index is 12.3. The second-order valence-corrected chi connectivity index (χ2v) is 6.25. The third-order valence-corrected chi connectivity index (χ3v) is 4.47. The first kappa shape index (κ1) is 15.7. The number of hydrogen-bond acceptors (Lipinski definition) is 3. The number of nitrogens with one attached hydrogen (secondary N) is 2. The Hall–Kier alpha value is -2.14. The first-order chi connectivity index (χ1) is 11.1. The van der Waals surface area contributed by atoms with Gasteiger partial charge in [-0.2, -0.15) is 5.10 Å². The fourth-order valence-electron chi connectivity index (χ4n) is 3.15. The molecule has 0 aliphatic carbocycles. The van der Waals surface area contributed by atoms with Crippen LogP contribution in [0.25, 0.3) is 0 Å². The van der Waals surface area contributed by atoms with Crippen LogP contribution >= 0.6 is 0 Å². The van der Waals surface area contributed by atoms with Crippen molar-refractivity contribution in [2.45, 2.75) is 32.2 Å². The van der Waals surface area contributed by atoms with Crippen molar-refractivity contribution in [3.63, 3.8) is 0 Å². The molecule has 1 aliphatic rings. The number of carbonyl (C=O) groups excluding carboxylic acids is 1. The summed E-state index contributed by atoms with van der Waals surface area (Å²) >= 11 is 0. The maximum Gasteiger partial charge on any atom is 0.251 e. The van der Waals surface area contributed by atoms with Gasteiger partial charge in [0.1, 0.15) is 0 Å². The van der Waals surface area contributed by atoms with Crippen LogP contribution in [-0.4, -0.2) is 28.8 Å². The van der Waals surface area contributed by atoms with Crippen molar-refractivity contribution in [2.75, 3.05) is 13.1 Å². The van der Waals surface area contributed by atoms with Crippen LogP contribution in [0.1, 0.15) is 46.1 Å². The second-order valence-electron chi connectivity index (χ2n) is 6.25. The number of aromatic nitrogens is 2. The quantitative estimate of drug-likeness (QED) is 0.909. The van der Waals surface area contributed by atoms with Crippen molar-refractivity contribution in [3.05, 3.63) is 52.8 Å². The standard InChI is InChI=1S/C18H24N4O/c1-13-10-17(22(2)21-13)12-20-18(23)15-7-5-14(6-8-15)16-4-3-9-19-11-16/h5-8,10,16,19H,3-4,9,11-12H2,1-2H3,(H,20,23)/t16-/m1/s1. The molecule has 0 saturated carbocycles. The van der Waals surface area contributed by atoms with Crippen LogP contribution in [0, 0.1) is 6.92 Å². The molecule has 3 rings (SSSR count). The van der Waals surface area contributed by atoms with E-state index in [2.05, 4.69) is 27.9 Å². The van der Waals surface area contributed by atoms with Crippen LogP contribution < -0.4 is 10.6 Å². The Kier molecular flexibility index (Phi) is 4.76. The van der Waals surface area contributed by atoms with Gasteiger partial charge in [-0.05, 0) is 56.0 Å². The first-order valence-corrected chi connectivity index (χ1v) is 8.22. The summed E-state index contributed by atoms with van der Waals surface area (Å²) in [6.45, 7) is 4.59. The van der Waals surface area contributed by atoms with E-state index in [1.165, 1.54) is 18.4 Å². The van der Waals surface area contributed by atoms with Gasteiger partial charge in [-0.3, -0.25) is 9.48 Å². The van der Waals surface area contributed by atoms with E-state index in [-0.39, 0.29) is 5.91 Å². The van der Waals surface area contributed by atoms with Gasteiger partial charge >= 0.3 is 0 Å². The van der Waals surface area contributed by atoms with Gasteiger partial charge in [0.2, 0.25) is 0 Å². The summed E-state index contributed by atoms with van der Waals surface area (Å²) in [4.78, 5) is 12.3. The predicted molar refractivity (Wildman–Crippen MR) is 90.4 cm³/mol. The minimum atomic E-state index is -0.0443. The van der Waals surface area contributed by atoms with Crippen molar-refractivity contribution in [1.29, 1.82) is 0 Å². The van der Waals surface area contributed by atoms with E-state index < -0.39 is 0 Å². The number of aryl methyl sites for hydroxylation is 2. The van der Waals surface area contributed by atoms with E-state index in [0.29, 0.717) is 18.0 Å². The Morgan fingerprint density at radius 1 is 1.39 bits per heavy atom. The Balaban J connectivity index is 1.60. The van der Waals surface area contributed by atoms with E-state index in [4.69, 9.17) is 0 Å². The molecular formula is C18H24N4O. The number of hydrogen-bond donors (Lipinski definition) is 2. The summed E-state index contributed by atoms with van der Waals surface area (Å²) in [6, 6.07) is 10.0. The highest BCUT2D eigenvalue weighted by molar-refractivity contribution is 5.94. The van der Waals surface area contributed by atoms with Crippen molar-refractivity contribution < 1.29 is 4.79 Å². The molecule has 0 unspecified atom stereocenters.